The predicted molar refractivity (Wildman–Crippen MR) is 60.4 cm³/mol. The molecule has 0 aromatic heterocycles. The van der Waals surface area contributed by atoms with E-state index >= 15 is 0 Å². The van der Waals surface area contributed by atoms with E-state index in [1.165, 1.54) is 18.4 Å². The van der Waals surface area contributed by atoms with Gasteiger partial charge >= 0.3 is 0 Å². The van der Waals surface area contributed by atoms with Crippen LogP contribution in [-0.2, 0) is 6.42 Å². The van der Waals surface area contributed by atoms with Crippen molar-refractivity contribution in [2.24, 2.45) is 0 Å². The van der Waals surface area contributed by atoms with Gasteiger partial charge in [-0.05, 0) is 49.1 Å². The van der Waals surface area contributed by atoms with Gasteiger partial charge in [-0.2, -0.15) is 0 Å². The molecule has 0 aliphatic carbocycles. The van der Waals surface area contributed by atoms with Crippen LogP contribution in [0.1, 0.15) is 43.4 Å². The van der Waals surface area contributed by atoms with Crippen molar-refractivity contribution in [2.75, 3.05) is 6.54 Å². The van der Waals surface area contributed by atoms with Crippen LogP contribution in [0, 0.1) is 5.82 Å². The Morgan fingerprint density at radius 3 is 2.93 bits per heavy atom. The fraction of sp³-hybridized carbons (Fsp3) is 0.538. The van der Waals surface area contributed by atoms with E-state index in [2.05, 4.69) is 12.2 Å². The molecule has 1 unspecified atom stereocenters. The van der Waals surface area contributed by atoms with Gasteiger partial charge in [0.1, 0.15) is 5.82 Å². The first-order valence-electron chi connectivity index (χ1n) is 5.83. The molecule has 0 amide bonds. The standard InChI is InChI=1S/C13H18FN/c1-2-10-6-7-11(14)9-12(10)13-5-3-4-8-15-13/h6-7,9,13,15H,2-5,8H2,1H3. The third-order valence-electron chi connectivity index (χ3n) is 3.17. The number of rotatable bonds is 2. The van der Waals surface area contributed by atoms with E-state index in [1.54, 1.807) is 12.1 Å². The van der Waals surface area contributed by atoms with E-state index in [9.17, 15) is 4.39 Å². The Labute approximate surface area is 90.7 Å². The molecule has 1 aliphatic heterocycles. The second-order valence-corrected chi connectivity index (χ2v) is 4.20. The number of piperidine rings is 1. The lowest BCUT2D eigenvalue weighted by molar-refractivity contribution is 0.409. The smallest absolute Gasteiger partial charge is 0.123 e. The summed E-state index contributed by atoms with van der Waals surface area (Å²) in [6, 6.07) is 5.54. The Kier molecular flexibility index (Phi) is 3.37. The van der Waals surface area contributed by atoms with Gasteiger partial charge in [0, 0.05) is 6.04 Å². The SMILES string of the molecule is CCc1ccc(F)cc1C1CCCCN1. The lowest BCUT2D eigenvalue weighted by Crippen LogP contribution is -2.27. The Hall–Kier alpha value is -0.890. The molecule has 0 radical (unpaired) electrons. The monoisotopic (exact) mass is 207 g/mol. The van der Waals surface area contributed by atoms with Gasteiger partial charge in [-0.1, -0.05) is 19.4 Å². The van der Waals surface area contributed by atoms with E-state index in [0.717, 1.165) is 24.9 Å². The van der Waals surface area contributed by atoms with Crippen molar-refractivity contribution in [1.29, 1.82) is 0 Å². The largest absolute Gasteiger partial charge is 0.310 e. The summed E-state index contributed by atoms with van der Waals surface area (Å²) in [7, 11) is 0. The third kappa shape index (κ3) is 2.37. The van der Waals surface area contributed by atoms with Crippen LogP contribution in [0.5, 0.6) is 0 Å². The van der Waals surface area contributed by atoms with Gasteiger partial charge in [-0.25, -0.2) is 4.39 Å². The maximum absolute atomic E-state index is 13.2. The number of aryl methyl sites for hydroxylation is 1. The Morgan fingerprint density at radius 1 is 1.40 bits per heavy atom. The molecule has 82 valence electrons. The number of hydrogen-bond donors (Lipinski definition) is 1. The minimum Gasteiger partial charge on any atom is -0.310 e. The van der Waals surface area contributed by atoms with Crippen molar-refractivity contribution in [3.63, 3.8) is 0 Å². The number of benzene rings is 1. The van der Waals surface area contributed by atoms with Gasteiger partial charge in [0.25, 0.3) is 0 Å². The first-order chi connectivity index (χ1) is 7.31. The van der Waals surface area contributed by atoms with E-state index < -0.39 is 0 Å². The quantitative estimate of drug-likeness (QED) is 0.785. The maximum atomic E-state index is 13.2. The van der Waals surface area contributed by atoms with Gasteiger partial charge in [0.15, 0.2) is 0 Å². The molecule has 1 aromatic carbocycles. The highest BCUT2D eigenvalue weighted by molar-refractivity contribution is 5.31. The van der Waals surface area contributed by atoms with Crippen molar-refractivity contribution < 1.29 is 4.39 Å². The molecule has 2 heteroatoms. The molecule has 15 heavy (non-hydrogen) atoms. The van der Waals surface area contributed by atoms with Crippen LogP contribution in [0.3, 0.4) is 0 Å². The van der Waals surface area contributed by atoms with Crippen LogP contribution >= 0.6 is 0 Å². The van der Waals surface area contributed by atoms with E-state index in [0.29, 0.717) is 6.04 Å². The van der Waals surface area contributed by atoms with Gasteiger partial charge in [-0.3, -0.25) is 0 Å². The second kappa shape index (κ2) is 4.75. The van der Waals surface area contributed by atoms with Crippen molar-refractivity contribution in [2.45, 2.75) is 38.6 Å². The predicted octanol–water partition coefficient (Wildman–Crippen LogP) is 3.20. The lowest BCUT2D eigenvalue weighted by Gasteiger charge is -2.25. The second-order valence-electron chi connectivity index (χ2n) is 4.20. The summed E-state index contributed by atoms with van der Waals surface area (Å²) in [5, 5.41) is 3.47. The summed E-state index contributed by atoms with van der Waals surface area (Å²) in [6.45, 7) is 3.18. The number of halogens is 1. The molecule has 1 atom stereocenters. The highest BCUT2D eigenvalue weighted by Crippen LogP contribution is 2.26. The molecular formula is C13H18FN. The fourth-order valence-electron chi connectivity index (χ4n) is 2.33. The summed E-state index contributed by atoms with van der Waals surface area (Å²) in [5.41, 5.74) is 2.44. The van der Waals surface area contributed by atoms with E-state index in [4.69, 9.17) is 0 Å². The zero-order chi connectivity index (χ0) is 10.7. The van der Waals surface area contributed by atoms with Crippen molar-refractivity contribution in [3.8, 4) is 0 Å². The molecule has 1 heterocycles. The molecule has 0 saturated carbocycles. The highest BCUT2D eigenvalue weighted by atomic mass is 19.1. The van der Waals surface area contributed by atoms with E-state index in [-0.39, 0.29) is 5.82 Å². The van der Waals surface area contributed by atoms with Crippen molar-refractivity contribution in [1.82, 2.24) is 5.32 Å². The van der Waals surface area contributed by atoms with Gasteiger partial charge in [0.2, 0.25) is 0 Å². The van der Waals surface area contributed by atoms with Crippen LogP contribution in [0.25, 0.3) is 0 Å². The van der Waals surface area contributed by atoms with Crippen LogP contribution in [0.4, 0.5) is 4.39 Å². The lowest BCUT2D eigenvalue weighted by atomic mass is 9.92. The van der Waals surface area contributed by atoms with Crippen LogP contribution in [-0.4, -0.2) is 6.54 Å². The molecule has 2 rings (SSSR count). The molecule has 1 N–H and O–H groups in total. The normalized spacial score (nSPS) is 21.6. The van der Waals surface area contributed by atoms with Crippen LogP contribution < -0.4 is 5.32 Å². The van der Waals surface area contributed by atoms with Crippen LogP contribution in [0.2, 0.25) is 0 Å². The molecule has 1 aliphatic rings. The Bertz CT molecular complexity index is 329. The topological polar surface area (TPSA) is 12.0 Å². The highest BCUT2D eigenvalue weighted by Gasteiger charge is 2.17. The molecular weight excluding hydrogens is 189 g/mol. The first-order valence-corrected chi connectivity index (χ1v) is 5.83. The maximum Gasteiger partial charge on any atom is 0.123 e. The third-order valence-corrected chi connectivity index (χ3v) is 3.17. The van der Waals surface area contributed by atoms with Crippen LogP contribution in [0.15, 0.2) is 18.2 Å². The average molecular weight is 207 g/mol. The van der Waals surface area contributed by atoms with Crippen molar-refractivity contribution in [3.05, 3.63) is 35.1 Å². The fourth-order valence-corrected chi connectivity index (χ4v) is 2.33. The molecule has 1 saturated heterocycles. The number of hydrogen-bond acceptors (Lipinski definition) is 1. The summed E-state index contributed by atoms with van der Waals surface area (Å²) in [5.74, 6) is -0.116. The average Bonchev–Trinajstić information content (AvgIpc) is 2.30. The zero-order valence-corrected chi connectivity index (χ0v) is 9.22. The summed E-state index contributed by atoms with van der Waals surface area (Å²) < 4.78 is 13.2. The molecule has 0 bridgehead atoms. The van der Waals surface area contributed by atoms with E-state index in [1.807, 2.05) is 6.07 Å². The minimum atomic E-state index is -0.116. The van der Waals surface area contributed by atoms with Gasteiger partial charge in [0.05, 0.1) is 0 Å². The summed E-state index contributed by atoms with van der Waals surface area (Å²) in [4.78, 5) is 0. The number of nitrogens with one attached hydrogen (secondary N) is 1. The van der Waals surface area contributed by atoms with Gasteiger partial charge < -0.3 is 5.32 Å². The summed E-state index contributed by atoms with van der Waals surface area (Å²) in [6.07, 6.45) is 4.61. The summed E-state index contributed by atoms with van der Waals surface area (Å²) >= 11 is 0. The van der Waals surface area contributed by atoms with Crippen molar-refractivity contribution >= 4 is 0 Å². The molecule has 1 nitrogen and oxygen atoms in total. The molecule has 1 aromatic rings. The zero-order valence-electron chi connectivity index (χ0n) is 9.22. The molecule has 1 fully saturated rings. The first kappa shape index (κ1) is 10.6. The minimum absolute atomic E-state index is 0.116. The van der Waals surface area contributed by atoms with Gasteiger partial charge in [-0.15, -0.1) is 0 Å². The Morgan fingerprint density at radius 2 is 2.27 bits per heavy atom. The molecule has 0 spiro atoms. The Balaban J connectivity index is 2.27.